The summed E-state index contributed by atoms with van der Waals surface area (Å²) in [6, 6.07) is 9.30. The molecule has 0 aliphatic carbocycles. The number of aromatic nitrogens is 2. The van der Waals surface area contributed by atoms with Crippen molar-refractivity contribution >= 4 is 5.91 Å². The van der Waals surface area contributed by atoms with Crippen LogP contribution in [0.1, 0.15) is 24.6 Å². The molecule has 23 heavy (non-hydrogen) atoms. The third kappa shape index (κ3) is 3.37. The summed E-state index contributed by atoms with van der Waals surface area (Å²) >= 11 is 0. The van der Waals surface area contributed by atoms with Gasteiger partial charge in [0, 0.05) is 18.9 Å². The van der Waals surface area contributed by atoms with Crippen molar-refractivity contribution in [3.05, 3.63) is 48.3 Å². The topological polar surface area (TPSA) is 56.6 Å². The van der Waals surface area contributed by atoms with E-state index in [4.69, 9.17) is 9.47 Å². The molecular weight excluding hydrogens is 294 g/mol. The SMILES string of the molecule is COc1cccc(C2CN(C(=O)C(C)n3cccn3)CCO2)c1. The minimum Gasteiger partial charge on any atom is -0.497 e. The molecule has 1 aromatic carbocycles. The van der Waals surface area contributed by atoms with Crippen LogP contribution in [0.3, 0.4) is 0 Å². The second kappa shape index (κ2) is 6.83. The van der Waals surface area contributed by atoms with Crippen LogP contribution >= 0.6 is 0 Å². The quantitative estimate of drug-likeness (QED) is 0.866. The highest BCUT2D eigenvalue weighted by Crippen LogP contribution is 2.26. The van der Waals surface area contributed by atoms with Gasteiger partial charge in [0.15, 0.2) is 0 Å². The van der Waals surface area contributed by atoms with Gasteiger partial charge in [-0.3, -0.25) is 9.48 Å². The van der Waals surface area contributed by atoms with E-state index in [0.29, 0.717) is 19.7 Å². The van der Waals surface area contributed by atoms with Crippen LogP contribution in [0, 0.1) is 0 Å². The first kappa shape index (κ1) is 15.6. The highest BCUT2D eigenvalue weighted by molar-refractivity contribution is 5.80. The van der Waals surface area contributed by atoms with Crippen LogP contribution in [0.15, 0.2) is 42.7 Å². The predicted octanol–water partition coefficient (Wildman–Crippen LogP) is 2.05. The molecule has 0 N–H and O–H groups in total. The fourth-order valence-corrected chi connectivity index (χ4v) is 2.78. The number of morpholine rings is 1. The Labute approximate surface area is 135 Å². The lowest BCUT2D eigenvalue weighted by atomic mass is 10.1. The number of benzene rings is 1. The first-order valence-corrected chi connectivity index (χ1v) is 7.72. The van der Waals surface area contributed by atoms with Crippen LogP contribution in [0.2, 0.25) is 0 Å². The van der Waals surface area contributed by atoms with Gasteiger partial charge in [0.05, 0.1) is 20.3 Å². The van der Waals surface area contributed by atoms with Crippen molar-refractivity contribution < 1.29 is 14.3 Å². The van der Waals surface area contributed by atoms with Gasteiger partial charge in [-0.05, 0) is 30.7 Å². The van der Waals surface area contributed by atoms with Gasteiger partial charge in [-0.1, -0.05) is 12.1 Å². The van der Waals surface area contributed by atoms with E-state index < -0.39 is 0 Å². The van der Waals surface area contributed by atoms with Crippen LogP contribution in [0.5, 0.6) is 5.75 Å². The molecule has 1 amide bonds. The second-order valence-electron chi connectivity index (χ2n) is 5.58. The summed E-state index contributed by atoms with van der Waals surface area (Å²) in [7, 11) is 1.64. The van der Waals surface area contributed by atoms with Crippen molar-refractivity contribution in [3.63, 3.8) is 0 Å². The Kier molecular flexibility index (Phi) is 4.62. The van der Waals surface area contributed by atoms with E-state index in [-0.39, 0.29) is 18.1 Å². The molecule has 1 fully saturated rings. The third-order valence-electron chi connectivity index (χ3n) is 4.12. The van der Waals surface area contributed by atoms with Crippen molar-refractivity contribution in [2.45, 2.75) is 19.1 Å². The molecule has 0 spiro atoms. The summed E-state index contributed by atoms with van der Waals surface area (Å²) in [6.45, 7) is 3.54. The molecule has 1 aromatic heterocycles. The highest BCUT2D eigenvalue weighted by Gasteiger charge is 2.29. The van der Waals surface area contributed by atoms with Crippen LogP contribution < -0.4 is 4.74 Å². The minimum atomic E-state index is -0.311. The summed E-state index contributed by atoms with van der Waals surface area (Å²) in [5.74, 6) is 0.851. The average molecular weight is 315 g/mol. The molecule has 2 unspecified atom stereocenters. The van der Waals surface area contributed by atoms with E-state index >= 15 is 0 Å². The Morgan fingerprint density at radius 3 is 3.04 bits per heavy atom. The van der Waals surface area contributed by atoms with Crippen molar-refractivity contribution in [1.82, 2.24) is 14.7 Å². The molecule has 1 aliphatic heterocycles. The number of rotatable bonds is 4. The summed E-state index contributed by atoms with van der Waals surface area (Å²) in [5.41, 5.74) is 1.02. The van der Waals surface area contributed by atoms with Crippen molar-refractivity contribution in [1.29, 1.82) is 0 Å². The van der Waals surface area contributed by atoms with E-state index in [1.807, 2.05) is 48.4 Å². The Morgan fingerprint density at radius 2 is 2.30 bits per heavy atom. The molecular formula is C17H21N3O3. The first-order valence-electron chi connectivity index (χ1n) is 7.72. The number of carbonyl (C=O) groups excluding carboxylic acids is 1. The van der Waals surface area contributed by atoms with Crippen LogP contribution in [0.25, 0.3) is 0 Å². The highest BCUT2D eigenvalue weighted by atomic mass is 16.5. The lowest BCUT2D eigenvalue weighted by Crippen LogP contribution is -2.45. The number of hydrogen-bond donors (Lipinski definition) is 0. The molecule has 2 heterocycles. The summed E-state index contributed by atoms with van der Waals surface area (Å²) in [6.07, 6.45) is 3.36. The van der Waals surface area contributed by atoms with Crippen molar-refractivity contribution in [2.75, 3.05) is 26.8 Å². The maximum Gasteiger partial charge on any atom is 0.247 e. The number of methoxy groups -OCH3 is 1. The van der Waals surface area contributed by atoms with Gasteiger partial charge < -0.3 is 14.4 Å². The van der Waals surface area contributed by atoms with Gasteiger partial charge in [0.1, 0.15) is 17.9 Å². The van der Waals surface area contributed by atoms with Gasteiger partial charge >= 0.3 is 0 Å². The molecule has 122 valence electrons. The minimum absolute atomic E-state index is 0.0601. The Hall–Kier alpha value is -2.34. The molecule has 0 radical (unpaired) electrons. The number of hydrogen-bond acceptors (Lipinski definition) is 4. The largest absolute Gasteiger partial charge is 0.497 e. The summed E-state index contributed by atoms with van der Waals surface area (Å²) in [4.78, 5) is 14.5. The maximum atomic E-state index is 12.7. The van der Waals surface area contributed by atoms with Gasteiger partial charge in [-0.15, -0.1) is 0 Å². The van der Waals surface area contributed by atoms with Crippen LogP contribution in [0.4, 0.5) is 0 Å². The van der Waals surface area contributed by atoms with Gasteiger partial charge in [-0.2, -0.15) is 5.10 Å². The number of amides is 1. The lowest BCUT2D eigenvalue weighted by molar-refractivity contribution is -0.142. The Balaban J connectivity index is 1.71. The standard InChI is InChI=1S/C17H21N3O3/c1-13(20-8-4-7-18-20)17(21)19-9-10-23-16(12-19)14-5-3-6-15(11-14)22-2/h3-8,11,13,16H,9-10,12H2,1-2H3. The molecule has 2 atom stereocenters. The number of nitrogens with zero attached hydrogens (tertiary/aromatic N) is 3. The molecule has 6 nitrogen and oxygen atoms in total. The van der Waals surface area contributed by atoms with Crippen molar-refractivity contribution in [3.8, 4) is 5.75 Å². The zero-order valence-corrected chi connectivity index (χ0v) is 13.4. The summed E-state index contributed by atoms with van der Waals surface area (Å²) < 4.78 is 12.8. The van der Waals surface area contributed by atoms with Gasteiger partial charge in [0.2, 0.25) is 5.91 Å². The monoisotopic (exact) mass is 315 g/mol. The molecule has 1 aliphatic rings. The van der Waals surface area contributed by atoms with E-state index in [9.17, 15) is 4.79 Å². The van der Waals surface area contributed by atoms with E-state index in [2.05, 4.69) is 5.10 Å². The predicted molar refractivity (Wildman–Crippen MR) is 85.2 cm³/mol. The normalized spacial score (nSPS) is 19.4. The lowest BCUT2D eigenvalue weighted by Gasteiger charge is -2.34. The maximum absolute atomic E-state index is 12.7. The molecule has 1 saturated heterocycles. The van der Waals surface area contributed by atoms with Crippen LogP contribution in [-0.2, 0) is 9.53 Å². The number of ether oxygens (including phenoxy) is 2. The number of carbonyl (C=O) groups is 1. The Morgan fingerprint density at radius 1 is 1.43 bits per heavy atom. The zero-order valence-electron chi connectivity index (χ0n) is 13.4. The van der Waals surface area contributed by atoms with Crippen LogP contribution in [-0.4, -0.2) is 47.4 Å². The zero-order chi connectivity index (χ0) is 16.2. The fourth-order valence-electron chi connectivity index (χ4n) is 2.78. The smallest absolute Gasteiger partial charge is 0.247 e. The molecule has 2 aromatic rings. The Bertz CT molecular complexity index is 657. The van der Waals surface area contributed by atoms with E-state index in [1.165, 1.54) is 0 Å². The van der Waals surface area contributed by atoms with Crippen molar-refractivity contribution in [2.24, 2.45) is 0 Å². The first-order chi connectivity index (χ1) is 11.2. The average Bonchev–Trinajstić information content (AvgIpc) is 3.15. The van der Waals surface area contributed by atoms with Gasteiger partial charge in [0.25, 0.3) is 0 Å². The third-order valence-corrected chi connectivity index (χ3v) is 4.12. The molecule has 0 bridgehead atoms. The molecule has 3 rings (SSSR count). The van der Waals surface area contributed by atoms with E-state index in [0.717, 1.165) is 11.3 Å². The molecule has 0 saturated carbocycles. The summed E-state index contributed by atoms with van der Waals surface area (Å²) in [5, 5.41) is 4.15. The van der Waals surface area contributed by atoms with Gasteiger partial charge in [-0.25, -0.2) is 0 Å². The molecule has 6 heteroatoms. The van der Waals surface area contributed by atoms with E-state index in [1.54, 1.807) is 18.0 Å². The second-order valence-corrected chi connectivity index (χ2v) is 5.58. The fraction of sp³-hybridized carbons (Fsp3) is 0.412.